The van der Waals surface area contributed by atoms with Crippen molar-refractivity contribution in [2.24, 2.45) is 13.0 Å². The van der Waals surface area contributed by atoms with Gasteiger partial charge in [0.15, 0.2) is 17.3 Å². The van der Waals surface area contributed by atoms with Crippen molar-refractivity contribution < 1.29 is 17.6 Å². The maximum absolute atomic E-state index is 12.9. The number of hydrogen-bond acceptors (Lipinski definition) is 6. The van der Waals surface area contributed by atoms with Crippen LogP contribution in [0.2, 0.25) is 0 Å². The molecule has 0 spiro atoms. The lowest BCUT2D eigenvalue weighted by Crippen LogP contribution is -2.27. The summed E-state index contributed by atoms with van der Waals surface area (Å²) in [4.78, 5) is 6.62. The molecule has 2 aliphatic rings. The van der Waals surface area contributed by atoms with Crippen LogP contribution < -0.4 is 0 Å². The van der Waals surface area contributed by atoms with Crippen LogP contribution in [-0.2, 0) is 18.6 Å². The molecule has 0 N–H and O–H groups in total. The third-order valence-electron chi connectivity index (χ3n) is 7.32. The Labute approximate surface area is 200 Å². The van der Waals surface area contributed by atoms with Crippen molar-refractivity contribution in [3.8, 4) is 11.6 Å². The summed E-state index contributed by atoms with van der Waals surface area (Å²) in [6.45, 7) is 4.93. The third kappa shape index (κ3) is 4.49. The second-order valence-corrected chi connectivity index (χ2v) is 10.4. The van der Waals surface area contributed by atoms with Crippen LogP contribution in [0.5, 0.6) is 0 Å². The number of hydrogen-bond donors (Lipinski definition) is 0. The maximum Gasteiger partial charge on any atom is 0.416 e. The first-order valence-electron chi connectivity index (χ1n) is 11.6. The van der Waals surface area contributed by atoms with E-state index in [9.17, 15) is 13.2 Å². The van der Waals surface area contributed by atoms with Crippen molar-refractivity contribution in [2.75, 3.05) is 25.4 Å². The summed E-state index contributed by atoms with van der Waals surface area (Å²) in [6, 6.07) is 5.87. The lowest BCUT2D eigenvalue weighted by molar-refractivity contribution is -0.137. The fourth-order valence-electron chi connectivity index (χ4n) is 5.19. The molecule has 3 heterocycles. The number of oxazole rings is 1. The van der Waals surface area contributed by atoms with Crippen molar-refractivity contribution in [2.45, 2.75) is 49.4 Å². The predicted octanol–water partition coefficient (Wildman–Crippen LogP) is 5.33. The summed E-state index contributed by atoms with van der Waals surface area (Å²) in [7, 11) is 1.93. The maximum atomic E-state index is 12.9. The number of nitrogens with zero attached hydrogens (tertiary/aromatic N) is 5. The number of aryl methyl sites for hydroxylation is 1. The highest BCUT2D eigenvalue weighted by Crippen LogP contribution is 2.59. The molecule has 10 heteroatoms. The van der Waals surface area contributed by atoms with E-state index < -0.39 is 11.7 Å². The number of aromatic nitrogens is 4. The summed E-state index contributed by atoms with van der Waals surface area (Å²) in [5, 5.41) is 9.40. The molecule has 1 aliphatic heterocycles. The highest BCUT2D eigenvalue weighted by Gasteiger charge is 2.55. The van der Waals surface area contributed by atoms with Crippen molar-refractivity contribution in [1.82, 2.24) is 24.6 Å². The van der Waals surface area contributed by atoms with Crippen molar-refractivity contribution in [3.05, 3.63) is 47.5 Å². The van der Waals surface area contributed by atoms with E-state index in [1.165, 1.54) is 18.5 Å². The summed E-state index contributed by atoms with van der Waals surface area (Å²) in [5.74, 6) is 2.84. The molecule has 5 rings (SSSR count). The molecule has 2 fully saturated rings. The van der Waals surface area contributed by atoms with Crippen LogP contribution in [0.3, 0.4) is 0 Å². The van der Waals surface area contributed by atoms with Crippen LogP contribution in [0.25, 0.3) is 11.6 Å². The van der Waals surface area contributed by atoms with Gasteiger partial charge in [-0.25, -0.2) is 4.98 Å². The first-order valence-corrected chi connectivity index (χ1v) is 12.6. The molecule has 0 bridgehead atoms. The van der Waals surface area contributed by atoms with Gasteiger partial charge in [-0.1, -0.05) is 23.9 Å². The van der Waals surface area contributed by atoms with Crippen molar-refractivity contribution in [1.29, 1.82) is 0 Å². The van der Waals surface area contributed by atoms with E-state index in [-0.39, 0.29) is 5.41 Å². The van der Waals surface area contributed by atoms with Crippen LogP contribution in [0.1, 0.15) is 42.5 Å². The summed E-state index contributed by atoms with van der Waals surface area (Å²) >= 11 is 1.68. The summed E-state index contributed by atoms with van der Waals surface area (Å²) < 4.78 is 46.1. The molecule has 0 radical (unpaired) electrons. The van der Waals surface area contributed by atoms with Gasteiger partial charge in [-0.3, -0.25) is 0 Å². The molecule has 182 valence electrons. The molecule has 1 saturated carbocycles. The van der Waals surface area contributed by atoms with Gasteiger partial charge in [-0.15, -0.1) is 10.2 Å². The first kappa shape index (κ1) is 23.4. The summed E-state index contributed by atoms with van der Waals surface area (Å²) in [6.07, 6.45) is 1.39. The predicted molar refractivity (Wildman–Crippen MR) is 123 cm³/mol. The minimum absolute atomic E-state index is 0.0709. The van der Waals surface area contributed by atoms with E-state index in [0.29, 0.717) is 17.5 Å². The lowest BCUT2D eigenvalue weighted by Gasteiger charge is -2.22. The number of thioether (sulfide) groups is 1. The SMILES string of the molecule is Cc1ncoc1-c1nnc(SCCCN2CC[C@H]3C[C@@]3(c3ccc(C(F)(F)F)cc3)CC2)n1C. The van der Waals surface area contributed by atoms with Crippen LogP contribution in [-0.4, -0.2) is 50.0 Å². The molecular weight excluding hydrogens is 463 g/mol. The molecule has 2 atom stereocenters. The Hall–Kier alpha value is -2.33. The van der Waals surface area contributed by atoms with Crippen LogP contribution >= 0.6 is 11.8 Å². The van der Waals surface area contributed by atoms with Gasteiger partial charge in [-0.05, 0) is 81.3 Å². The van der Waals surface area contributed by atoms with Gasteiger partial charge < -0.3 is 13.9 Å². The van der Waals surface area contributed by atoms with Crippen molar-refractivity contribution >= 4 is 11.8 Å². The second kappa shape index (κ2) is 9.03. The van der Waals surface area contributed by atoms with E-state index in [1.807, 2.05) is 18.5 Å². The molecule has 1 saturated heterocycles. The minimum atomic E-state index is -4.28. The van der Waals surface area contributed by atoms with E-state index >= 15 is 0 Å². The average Bonchev–Trinajstić information content (AvgIpc) is 3.25. The van der Waals surface area contributed by atoms with Gasteiger partial charge in [0.2, 0.25) is 5.82 Å². The number of fused-ring (bicyclic) bond motifs is 1. The zero-order valence-corrected chi connectivity index (χ0v) is 20.1. The molecule has 0 unspecified atom stereocenters. The van der Waals surface area contributed by atoms with Gasteiger partial charge in [0, 0.05) is 12.8 Å². The van der Waals surface area contributed by atoms with Gasteiger partial charge in [-0.2, -0.15) is 13.2 Å². The number of alkyl halides is 3. The Morgan fingerprint density at radius 1 is 1.18 bits per heavy atom. The van der Waals surface area contributed by atoms with Crippen LogP contribution in [0.4, 0.5) is 13.2 Å². The fourth-order valence-corrected chi connectivity index (χ4v) is 6.03. The van der Waals surface area contributed by atoms with E-state index in [0.717, 1.165) is 67.5 Å². The second-order valence-electron chi connectivity index (χ2n) is 9.35. The fraction of sp³-hybridized carbons (Fsp3) is 0.542. The van der Waals surface area contributed by atoms with Gasteiger partial charge in [0.1, 0.15) is 0 Å². The molecule has 6 nitrogen and oxygen atoms in total. The quantitative estimate of drug-likeness (QED) is 0.329. The van der Waals surface area contributed by atoms with Gasteiger partial charge in [0.05, 0.1) is 11.3 Å². The Balaban J connectivity index is 1.11. The van der Waals surface area contributed by atoms with Crippen LogP contribution in [0.15, 0.2) is 40.2 Å². The minimum Gasteiger partial charge on any atom is -0.440 e. The molecular formula is C24H28F3N5OS. The first-order chi connectivity index (χ1) is 16.3. The Morgan fingerprint density at radius 2 is 1.97 bits per heavy atom. The van der Waals surface area contributed by atoms with Crippen LogP contribution in [0, 0.1) is 12.8 Å². The molecule has 34 heavy (non-hydrogen) atoms. The summed E-state index contributed by atoms with van der Waals surface area (Å²) in [5.41, 5.74) is 1.37. The Bertz CT molecular complexity index is 1140. The van der Waals surface area contributed by atoms with Crippen molar-refractivity contribution in [3.63, 3.8) is 0 Å². The largest absolute Gasteiger partial charge is 0.440 e. The van der Waals surface area contributed by atoms with E-state index in [1.54, 1.807) is 23.9 Å². The number of likely N-dealkylation sites (tertiary alicyclic amines) is 1. The van der Waals surface area contributed by atoms with E-state index in [2.05, 4.69) is 20.1 Å². The number of halogens is 3. The Morgan fingerprint density at radius 3 is 2.68 bits per heavy atom. The van der Waals surface area contributed by atoms with Gasteiger partial charge >= 0.3 is 6.18 Å². The molecule has 0 amide bonds. The molecule has 1 aromatic carbocycles. The molecule has 3 aromatic rings. The molecule has 1 aliphatic carbocycles. The normalized spacial score (nSPS) is 23.0. The topological polar surface area (TPSA) is 60.0 Å². The highest BCUT2D eigenvalue weighted by atomic mass is 32.2. The monoisotopic (exact) mass is 491 g/mol. The zero-order chi connectivity index (χ0) is 23.9. The lowest BCUT2D eigenvalue weighted by atomic mass is 9.89. The number of benzene rings is 1. The van der Waals surface area contributed by atoms with E-state index in [4.69, 9.17) is 4.42 Å². The zero-order valence-electron chi connectivity index (χ0n) is 19.3. The van der Waals surface area contributed by atoms with Gasteiger partial charge in [0.25, 0.3) is 0 Å². The average molecular weight is 492 g/mol. The standard InChI is InChI=1S/C24H28F3N5OS/c1-16-20(33-15-28-16)21-29-30-22(31(21)2)34-13-3-10-32-11-8-19-14-23(19,9-12-32)17-4-6-18(7-5-17)24(25,26)27/h4-7,15,19H,3,8-14H2,1-2H3/t19-,23+/m0/s1. The Kier molecular flexibility index (Phi) is 6.22. The third-order valence-corrected chi connectivity index (χ3v) is 8.43. The molecule has 2 aromatic heterocycles. The smallest absolute Gasteiger partial charge is 0.416 e. The number of rotatable bonds is 7. The highest BCUT2D eigenvalue weighted by molar-refractivity contribution is 7.99.